The molecule has 0 spiro atoms. The maximum absolute atomic E-state index is 9.39. The summed E-state index contributed by atoms with van der Waals surface area (Å²) < 4.78 is 5.62. The van der Waals surface area contributed by atoms with Crippen LogP contribution >= 0.6 is 11.6 Å². The molecule has 0 aliphatic carbocycles. The fourth-order valence-corrected chi connectivity index (χ4v) is 2.20. The molecule has 0 radical (unpaired) electrons. The summed E-state index contributed by atoms with van der Waals surface area (Å²) in [6, 6.07) is 11.2. The van der Waals surface area contributed by atoms with E-state index in [4.69, 9.17) is 16.0 Å². The highest BCUT2D eigenvalue weighted by Gasteiger charge is 2.22. The minimum Gasteiger partial charge on any atom is -0.439 e. The second-order valence-electron chi connectivity index (χ2n) is 4.29. The van der Waals surface area contributed by atoms with E-state index in [-0.39, 0.29) is 5.28 Å². The summed E-state index contributed by atoms with van der Waals surface area (Å²) in [5.41, 5.74) is 2.52. The maximum atomic E-state index is 9.39. The third-order valence-electron chi connectivity index (χ3n) is 2.83. The molecule has 5 nitrogen and oxygen atoms in total. The Kier molecular flexibility index (Phi) is 3.09. The van der Waals surface area contributed by atoms with E-state index in [2.05, 4.69) is 21.0 Å². The lowest BCUT2D eigenvalue weighted by Gasteiger charge is -2.05. The Morgan fingerprint density at radius 3 is 2.75 bits per heavy atom. The second kappa shape index (κ2) is 4.91. The van der Waals surface area contributed by atoms with Crippen molar-refractivity contribution in [3.63, 3.8) is 0 Å². The van der Waals surface area contributed by atoms with Crippen molar-refractivity contribution in [1.29, 1.82) is 5.26 Å². The molecule has 3 rings (SSSR count). The van der Waals surface area contributed by atoms with Gasteiger partial charge in [-0.1, -0.05) is 12.1 Å². The SMILES string of the molecule is Cc1cc([C@H](C#N)c2nc3ccccc3o2)nc(Cl)n1. The summed E-state index contributed by atoms with van der Waals surface area (Å²) in [6.07, 6.45) is 0. The van der Waals surface area contributed by atoms with E-state index in [1.807, 2.05) is 18.2 Å². The number of hydrogen-bond donors (Lipinski definition) is 0. The molecule has 0 unspecified atom stereocenters. The molecule has 0 bridgehead atoms. The van der Waals surface area contributed by atoms with Crippen molar-refractivity contribution < 1.29 is 4.42 Å². The van der Waals surface area contributed by atoms with Crippen LogP contribution in [-0.4, -0.2) is 15.0 Å². The topological polar surface area (TPSA) is 75.6 Å². The van der Waals surface area contributed by atoms with Crippen LogP contribution in [0.5, 0.6) is 0 Å². The summed E-state index contributed by atoms with van der Waals surface area (Å²) in [7, 11) is 0. The number of oxazole rings is 1. The Labute approximate surface area is 119 Å². The highest BCUT2D eigenvalue weighted by molar-refractivity contribution is 6.28. The number of para-hydroxylation sites is 2. The average Bonchev–Trinajstić information content (AvgIpc) is 2.81. The molecule has 0 saturated heterocycles. The van der Waals surface area contributed by atoms with E-state index in [0.717, 1.165) is 0 Å². The number of rotatable bonds is 2. The number of nitriles is 1. The van der Waals surface area contributed by atoms with Gasteiger partial charge in [-0.15, -0.1) is 0 Å². The van der Waals surface area contributed by atoms with Gasteiger partial charge in [0, 0.05) is 5.69 Å². The van der Waals surface area contributed by atoms with Gasteiger partial charge in [0.05, 0.1) is 11.8 Å². The third kappa shape index (κ3) is 2.22. The zero-order chi connectivity index (χ0) is 14.1. The molecule has 3 aromatic rings. The number of benzene rings is 1. The van der Waals surface area contributed by atoms with Gasteiger partial charge in [-0.25, -0.2) is 15.0 Å². The van der Waals surface area contributed by atoms with Crippen molar-refractivity contribution in [3.05, 3.63) is 52.9 Å². The Morgan fingerprint density at radius 1 is 1.25 bits per heavy atom. The van der Waals surface area contributed by atoms with Crippen molar-refractivity contribution in [3.8, 4) is 6.07 Å². The largest absolute Gasteiger partial charge is 0.439 e. The van der Waals surface area contributed by atoms with E-state index in [0.29, 0.717) is 28.4 Å². The van der Waals surface area contributed by atoms with Gasteiger partial charge in [-0.05, 0) is 36.7 Å². The normalized spacial score (nSPS) is 12.2. The number of halogens is 1. The first kappa shape index (κ1) is 12.6. The highest BCUT2D eigenvalue weighted by Crippen LogP contribution is 2.26. The fourth-order valence-electron chi connectivity index (χ4n) is 1.96. The summed E-state index contributed by atoms with van der Waals surface area (Å²) >= 11 is 5.83. The standard InChI is InChI=1S/C14H9ClN4O/c1-8-6-11(19-14(15)17-8)9(7-16)13-18-10-4-2-3-5-12(10)20-13/h2-6,9H,1H3/t9-/m0/s1. The van der Waals surface area contributed by atoms with Crippen molar-refractivity contribution in [1.82, 2.24) is 15.0 Å². The number of fused-ring (bicyclic) bond motifs is 1. The molecule has 0 fully saturated rings. The smallest absolute Gasteiger partial charge is 0.222 e. The molecule has 0 amide bonds. The highest BCUT2D eigenvalue weighted by atomic mass is 35.5. The summed E-state index contributed by atoms with van der Waals surface area (Å²) in [5, 5.41) is 9.49. The third-order valence-corrected chi connectivity index (χ3v) is 3.00. The molecule has 2 heterocycles. The Bertz CT molecular complexity index is 768. The minimum atomic E-state index is -0.707. The number of aromatic nitrogens is 3. The lowest BCUT2D eigenvalue weighted by atomic mass is 10.1. The van der Waals surface area contributed by atoms with Crippen LogP contribution in [0.25, 0.3) is 11.1 Å². The van der Waals surface area contributed by atoms with Gasteiger partial charge >= 0.3 is 0 Å². The van der Waals surface area contributed by atoms with Crippen LogP contribution in [0.15, 0.2) is 34.7 Å². The van der Waals surface area contributed by atoms with Crippen LogP contribution in [0, 0.1) is 18.3 Å². The maximum Gasteiger partial charge on any atom is 0.222 e. The zero-order valence-corrected chi connectivity index (χ0v) is 11.3. The predicted molar refractivity (Wildman–Crippen MR) is 73.2 cm³/mol. The van der Waals surface area contributed by atoms with E-state index in [1.54, 1.807) is 19.1 Å². The van der Waals surface area contributed by atoms with E-state index in [1.165, 1.54) is 0 Å². The van der Waals surface area contributed by atoms with Crippen LogP contribution < -0.4 is 0 Å². The lowest BCUT2D eigenvalue weighted by Crippen LogP contribution is -2.03. The van der Waals surface area contributed by atoms with Gasteiger partial charge in [-0.3, -0.25) is 0 Å². The van der Waals surface area contributed by atoms with Gasteiger partial charge in [0.2, 0.25) is 11.2 Å². The zero-order valence-electron chi connectivity index (χ0n) is 10.5. The molecule has 0 aliphatic heterocycles. The molecule has 1 aromatic carbocycles. The summed E-state index contributed by atoms with van der Waals surface area (Å²) in [5.74, 6) is -0.399. The minimum absolute atomic E-state index is 0.108. The van der Waals surface area contributed by atoms with Gasteiger partial charge in [0.25, 0.3) is 0 Å². The molecule has 0 N–H and O–H groups in total. The fraction of sp³-hybridized carbons (Fsp3) is 0.143. The number of nitrogens with zero attached hydrogens (tertiary/aromatic N) is 4. The van der Waals surface area contributed by atoms with Crippen molar-refractivity contribution in [2.24, 2.45) is 0 Å². The van der Waals surface area contributed by atoms with Crippen LogP contribution in [0.2, 0.25) is 5.28 Å². The quantitative estimate of drug-likeness (QED) is 0.675. The molecule has 20 heavy (non-hydrogen) atoms. The Balaban J connectivity index is 2.11. The first-order chi connectivity index (χ1) is 9.67. The van der Waals surface area contributed by atoms with Gasteiger partial charge < -0.3 is 4.42 Å². The summed E-state index contributed by atoms with van der Waals surface area (Å²) in [4.78, 5) is 12.4. The monoisotopic (exact) mass is 284 g/mol. The van der Waals surface area contributed by atoms with Crippen LogP contribution in [0.4, 0.5) is 0 Å². The predicted octanol–water partition coefficient (Wildman–Crippen LogP) is 3.24. The van der Waals surface area contributed by atoms with Gasteiger partial charge in [0.1, 0.15) is 5.52 Å². The number of hydrogen-bond acceptors (Lipinski definition) is 5. The van der Waals surface area contributed by atoms with Crippen molar-refractivity contribution >= 4 is 22.7 Å². The molecule has 0 saturated carbocycles. The number of aryl methyl sites for hydroxylation is 1. The van der Waals surface area contributed by atoms with E-state index < -0.39 is 5.92 Å². The molecule has 0 aliphatic rings. The first-order valence-electron chi connectivity index (χ1n) is 5.93. The van der Waals surface area contributed by atoms with Crippen molar-refractivity contribution in [2.75, 3.05) is 0 Å². The molecular formula is C14H9ClN4O. The summed E-state index contributed by atoms with van der Waals surface area (Å²) in [6.45, 7) is 1.79. The second-order valence-corrected chi connectivity index (χ2v) is 4.62. The molecule has 1 atom stereocenters. The molecular weight excluding hydrogens is 276 g/mol. The van der Waals surface area contributed by atoms with Gasteiger partial charge in [0.15, 0.2) is 11.5 Å². The Morgan fingerprint density at radius 2 is 2.05 bits per heavy atom. The molecule has 98 valence electrons. The van der Waals surface area contributed by atoms with E-state index >= 15 is 0 Å². The van der Waals surface area contributed by atoms with Crippen LogP contribution in [-0.2, 0) is 0 Å². The van der Waals surface area contributed by atoms with Crippen LogP contribution in [0.3, 0.4) is 0 Å². The van der Waals surface area contributed by atoms with Crippen LogP contribution in [0.1, 0.15) is 23.2 Å². The van der Waals surface area contributed by atoms with Gasteiger partial charge in [-0.2, -0.15) is 5.26 Å². The van der Waals surface area contributed by atoms with E-state index in [9.17, 15) is 5.26 Å². The lowest BCUT2D eigenvalue weighted by molar-refractivity contribution is 0.525. The first-order valence-corrected chi connectivity index (χ1v) is 6.31. The van der Waals surface area contributed by atoms with Crippen molar-refractivity contribution in [2.45, 2.75) is 12.8 Å². The Hall–Kier alpha value is -2.45. The molecule has 2 aromatic heterocycles. The average molecular weight is 285 g/mol. The molecule has 6 heteroatoms.